The minimum atomic E-state index is 0.602. The molecule has 66 valence electrons. The smallest absolute Gasteiger partial charge is 0.0572 e. The van der Waals surface area contributed by atoms with Gasteiger partial charge in [0.15, 0.2) is 0 Å². The van der Waals surface area contributed by atoms with Gasteiger partial charge in [-0.25, -0.2) is 0 Å². The zero-order valence-corrected chi connectivity index (χ0v) is 7.60. The average Bonchev–Trinajstić information content (AvgIpc) is 2.17. The lowest BCUT2D eigenvalue weighted by molar-refractivity contribution is 0.0558. The van der Waals surface area contributed by atoms with Gasteiger partial charge in [-0.05, 0) is 25.2 Å². The molecule has 0 aromatic carbocycles. The predicted octanol–water partition coefficient (Wildman–Crippen LogP) is 2.11. The first-order valence-corrected chi connectivity index (χ1v) is 4.61. The second-order valence-corrected chi connectivity index (χ2v) is 3.63. The summed E-state index contributed by atoms with van der Waals surface area (Å²) in [7, 11) is 1.70. The molecule has 1 aliphatic carbocycles. The zero-order chi connectivity index (χ0) is 8.10. The van der Waals surface area contributed by atoms with E-state index in [4.69, 9.17) is 4.84 Å². The summed E-state index contributed by atoms with van der Waals surface area (Å²) in [6.07, 6.45) is 6.64. The quantitative estimate of drug-likeness (QED) is 0.489. The molecule has 0 bridgehead atoms. The van der Waals surface area contributed by atoms with E-state index in [1.54, 1.807) is 7.11 Å². The molecule has 0 spiro atoms. The Balaban J connectivity index is 2.22. The Morgan fingerprint density at radius 3 is 2.73 bits per heavy atom. The number of nitrogens with one attached hydrogen (secondary N) is 1. The van der Waals surface area contributed by atoms with Crippen molar-refractivity contribution in [1.29, 1.82) is 0 Å². The van der Waals surface area contributed by atoms with Crippen molar-refractivity contribution in [1.82, 2.24) is 5.48 Å². The molecule has 1 saturated carbocycles. The lowest BCUT2D eigenvalue weighted by Gasteiger charge is -2.13. The van der Waals surface area contributed by atoms with Crippen LogP contribution in [0.2, 0.25) is 0 Å². The van der Waals surface area contributed by atoms with E-state index in [9.17, 15) is 0 Å². The van der Waals surface area contributed by atoms with E-state index in [0.29, 0.717) is 6.04 Å². The molecule has 0 aromatic rings. The fourth-order valence-corrected chi connectivity index (χ4v) is 1.77. The fraction of sp³-hybridized carbons (Fsp3) is 1.00. The topological polar surface area (TPSA) is 21.3 Å². The molecule has 0 aromatic heterocycles. The van der Waals surface area contributed by atoms with Gasteiger partial charge < -0.3 is 4.84 Å². The van der Waals surface area contributed by atoms with E-state index in [2.05, 4.69) is 12.4 Å². The first kappa shape index (κ1) is 9.01. The molecule has 11 heavy (non-hydrogen) atoms. The number of hydrogen-bond donors (Lipinski definition) is 1. The van der Waals surface area contributed by atoms with Gasteiger partial charge in [0.25, 0.3) is 0 Å². The highest BCUT2D eigenvalue weighted by atomic mass is 16.6. The largest absolute Gasteiger partial charge is 0.305 e. The number of hydrogen-bond acceptors (Lipinski definition) is 2. The molecule has 0 heterocycles. The van der Waals surface area contributed by atoms with Gasteiger partial charge >= 0.3 is 0 Å². The van der Waals surface area contributed by atoms with Crippen molar-refractivity contribution in [3.63, 3.8) is 0 Å². The summed E-state index contributed by atoms with van der Waals surface area (Å²) in [5.74, 6) is 0.915. The lowest BCUT2D eigenvalue weighted by Crippen LogP contribution is -2.27. The SMILES string of the molecule is CONC1CCCC(C)CC1. The van der Waals surface area contributed by atoms with Gasteiger partial charge in [0.2, 0.25) is 0 Å². The third kappa shape index (κ3) is 3.21. The summed E-state index contributed by atoms with van der Waals surface area (Å²) < 4.78 is 0. The molecule has 2 nitrogen and oxygen atoms in total. The molecule has 1 fully saturated rings. The molecule has 0 aliphatic heterocycles. The molecule has 1 N–H and O–H groups in total. The molecule has 1 aliphatic rings. The minimum absolute atomic E-state index is 0.602. The van der Waals surface area contributed by atoms with Crippen LogP contribution in [0.5, 0.6) is 0 Å². The average molecular weight is 157 g/mol. The number of hydroxylamine groups is 1. The second kappa shape index (κ2) is 4.73. The Morgan fingerprint density at radius 1 is 1.18 bits per heavy atom. The second-order valence-electron chi connectivity index (χ2n) is 3.63. The van der Waals surface area contributed by atoms with E-state index >= 15 is 0 Å². The molecular formula is C9H19NO. The van der Waals surface area contributed by atoms with E-state index in [-0.39, 0.29) is 0 Å². The van der Waals surface area contributed by atoms with Gasteiger partial charge in [-0.15, -0.1) is 0 Å². The van der Waals surface area contributed by atoms with Crippen molar-refractivity contribution in [2.45, 2.75) is 45.1 Å². The van der Waals surface area contributed by atoms with Crippen LogP contribution in [0, 0.1) is 5.92 Å². The van der Waals surface area contributed by atoms with E-state index < -0.39 is 0 Å². The molecule has 2 heteroatoms. The van der Waals surface area contributed by atoms with Crippen LogP contribution in [0.1, 0.15) is 39.0 Å². The van der Waals surface area contributed by atoms with Crippen molar-refractivity contribution in [3.8, 4) is 0 Å². The van der Waals surface area contributed by atoms with Gasteiger partial charge in [0.05, 0.1) is 7.11 Å². The summed E-state index contributed by atoms with van der Waals surface area (Å²) in [5.41, 5.74) is 3.04. The standard InChI is InChI=1S/C9H19NO/c1-8-4-3-5-9(7-6-8)10-11-2/h8-10H,3-7H2,1-2H3. The summed E-state index contributed by atoms with van der Waals surface area (Å²) >= 11 is 0. The maximum absolute atomic E-state index is 4.92. The summed E-state index contributed by atoms with van der Waals surface area (Å²) in [6, 6.07) is 0.602. The molecular weight excluding hydrogens is 138 g/mol. The fourth-order valence-electron chi connectivity index (χ4n) is 1.77. The van der Waals surface area contributed by atoms with Crippen molar-refractivity contribution in [3.05, 3.63) is 0 Å². The van der Waals surface area contributed by atoms with Crippen LogP contribution in [0.3, 0.4) is 0 Å². The molecule has 0 amide bonds. The Kier molecular flexibility index (Phi) is 3.87. The highest BCUT2D eigenvalue weighted by Crippen LogP contribution is 2.22. The molecule has 1 rings (SSSR count). The first-order chi connectivity index (χ1) is 5.33. The van der Waals surface area contributed by atoms with Crippen molar-refractivity contribution >= 4 is 0 Å². The van der Waals surface area contributed by atoms with Gasteiger partial charge in [-0.2, -0.15) is 5.48 Å². The Labute approximate surface area is 69.3 Å². The minimum Gasteiger partial charge on any atom is -0.305 e. The van der Waals surface area contributed by atoms with E-state index in [1.165, 1.54) is 32.1 Å². The monoisotopic (exact) mass is 157 g/mol. The van der Waals surface area contributed by atoms with Crippen molar-refractivity contribution in [2.75, 3.05) is 7.11 Å². The first-order valence-electron chi connectivity index (χ1n) is 4.61. The van der Waals surface area contributed by atoms with Crippen molar-refractivity contribution in [2.24, 2.45) is 5.92 Å². The van der Waals surface area contributed by atoms with Crippen LogP contribution in [-0.2, 0) is 4.84 Å². The summed E-state index contributed by atoms with van der Waals surface area (Å²) in [4.78, 5) is 4.92. The van der Waals surface area contributed by atoms with Gasteiger partial charge in [-0.1, -0.05) is 19.8 Å². The third-order valence-corrected chi connectivity index (χ3v) is 2.54. The van der Waals surface area contributed by atoms with Crippen LogP contribution in [-0.4, -0.2) is 13.2 Å². The van der Waals surface area contributed by atoms with Crippen LogP contribution < -0.4 is 5.48 Å². The maximum Gasteiger partial charge on any atom is 0.0572 e. The number of rotatable bonds is 2. The van der Waals surface area contributed by atoms with Crippen LogP contribution in [0.4, 0.5) is 0 Å². The molecule has 2 atom stereocenters. The van der Waals surface area contributed by atoms with E-state index in [1.807, 2.05) is 0 Å². The Bertz CT molecular complexity index is 106. The molecule has 0 radical (unpaired) electrons. The summed E-state index contributed by atoms with van der Waals surface area (Å²) in [5, 5.41) is 0. The maximum atomic E-state index is 4.92. The highest BCUT2D eigenvalue weighted by Gasteiger charge is 2.14. The Hall–Kier alpha value is -0.0800. The predicted molar refractivity (Wildman–Crippen MR) is 46.2 cm³/mol. The van der Waals surface area contributed by atoms with E-state index in [0.717, 1.165) is 5.92 Å². The van der Waals surface area contributed by atoms with Gasteiger partial charge in [0.1, 0.15) is 0 Å². The molecule has 0 saturated heterocycles. The third-order valence-electron chi connectivity index (χ3n) is 2.54. The lowest BCUT2D eigenvalue weighted by atomic mass is 10.0. The molecule has 2 unspecified atom stereocenters. The van der Waals surface area contributed by atoms with Crippen LogP contribution >= 0.6 is 0 Å². The van der Waals surface area contributed by atoms with Crippen LogP contribution in [0.15, 0.2) is 0 Å². The van der Waals surface area contributed by atoms with Gasteiger partial charge in [-0.3, -0.25) is 0 Å². The van der Waals surface area contributed by atoms with Crippen LogP contribution in [0.25, 0.3) is 0 Å². The Morgan fingerprint density at radius 2 is 2.00 bits per heavy atom. The zero-order valence-electron chi connectivity index (χ0n) is 7.60. The normalized spacial score (nSPS) is 33.3. The summed E-state index contributed by atoms with van der Waals surface area (Å²) in [6.45, 7) is 2.34. The van der Waals surface area contributed by atoms with Crippen molar-refractivity contribution < 1.29 is 4.84 Å². The van der Waals surface area contributed by atoms with Gasteiger partial charge in [0, 0.05) is 6.04 Å². The highest BCUT2D eigenvalue weighted by molar-refractivity contribution is 4.70.